The van der Waals surface area contributed by atoms with Crippen LogP contribution in [0.1, 0.15) is 0 Å². The maximum absolute atomic E-state index is 6.40. The van der Waals surface area contributed by atoms with E-state index in [1.54, 1.807) is 0 Å². The lowest BCUT2D eigenvalue weighted by molar-refractivity contribution is 0.669. The lowest BCUT2D eigenvalue weighted by atomic mass is 9.98. The molecular formula is C54H37NOSi. The van der Waals surface area contributed by atoms with Gasteiger partial charge in [-0.05, 0) is 85.5 Å². The van der Waals surface area contributed by atoms with Crippen LogP contribution in [0.3, 0.4) is 0 Å². The lowest BCUT2D eigenvalue weighted by Gasteiger charge is -2.35. The van der Waals surface area contributed by atoms with Gasteiger partial charge in [-0.25, -0.2) is 0 Å². The Morgan fingerprint density at radius 2 is 0.860 bits per heavy atom. The van der Waals surface area contributed by atoms with Gasteiger partial charge in [-0.2, -0.15) is 0 Å². The number of nitrogens with zero attached hydrogens (tertiary/aromatic N) is 1. The maximum Gasteiger partial charge on any atom is 0.179 e. The molecular weight excluding hydrogens is 707 g/mol. The smallest absolute Gasteiger partial charge is 0.179 e. The fraction of sp³-hybridized carbons (Fsp3) is 0. The van der Waals surface area contributed by atoms with Crippen molar-refractivity contribution < 1.29 is 4.42 Å². The lowest BCUT2D eigenvalue weighted by Crippen LogP contribution is -2.74. The van der Waals surface area contributed by atoms with Crippen molar-refractivity contribution >= 4 is 72.6 Å². The Morgan fingerprint density at radius 3 is 1.58 bits per heavy atom. The van der Waals surface area contributed by atoms with Crippen LogP contribution in [0.5, 0.6) is 0 Å². The van der Waals surface area contributed by atoms with E-state index in [2.05, 4.69) is 223 Å². The summed E-state index contributed by atoms with van der Waals surface area (Å²) in [5.41, 5.74) is 10.1. The number of aromatic nitrogens is 1. The van der Waals surface area contributed by atoms with Crippen molar-refractivity contribution in [2.75, 3.05) is 0 Å². The summed E-state index contributed by atoms with van der Waals surface area (Å²) in [5, 5.41) is 10.1. The van der Waals surface area contributed by atoms with Crippen LogP contribution >= 0.6 is 0 Å². The van der Waals surface area contributed by atoms with Crippen molar-refractivity contribution in [3.63, 3.8) is 0 Å². The Kier molecular flexibility index (Phi) is 7.87. The number of para-hydroxylation sites is 3. The summed E-state index contributed by atoms with van der Waals surface area (Å²) in [6.45, 7) is 0. The molecule has 0 radical (unpaired) electrons. The van der Waals surface area contributed by atoms with Gasteiger partial charge >= 0.3 is 0 Å². The van der Waals surface area contributed by atoms with Gasteiger partial charge in [0.15, 0.2) is 8.07 Å². The van der Waals surface area contributed by atoms with E-state index in [0.29, 0.717) is 0 Å². The van der Waals surface area contributed by atoms with Gasteiger partial charge in [0.1, 0.15) is 11.2 Å². The standard InChI is InChI=1S/C54H37NOSi/c1-5-17-38(18-6-1)40-33-41(39-29-31-48-47-25-13-15-27-51(47)55(52(48)36-39)42-19-7-2-8-20-42)35-46(34-40)57(43-21-9-3-10-22-43,44-23-11-4-12-24-44)45-30-32-54-50(37-45)49-26-14-16-28-53(49)56-54/h1-37H. The number of rotatable bonds is 7. The molecule has 11 aromatic rings. The van der Waals surface area contributed by atoms with Gasteiger partial charge < -0.3 is 8.98 Å². The van der Waals surface area contributed by atoms with Crippen LogP contribution in [-0.4, -0.2) is 12.6 Å². The summed E-state index contributed by atoms with van der Waals surface area (Å²) in [4.78, 5) is 0. The Morgan fingerprint density at radius 1 is 0.298 bits per heavy atom. The predicted octanol–water partition coefficient (Wildman–Crippen LogP) is 11.4. The number of hydrogen-bond acceptors (Lipinski definition) is 1. The third-order valence-electron chi connectivity index (χ3n) is 11.7. The molecule has 11 rings (SSSR count). The SMILES string of the molecule is c1ccc(-c2cc(-c3ccc4c5ccccc5n(-c5ccccc5)c4c3)cc([Si](c3ccccc3)(c3ccccc3)c3ccc4oc5ccccc5c4c3)c2)cc1. The molecule has 0 bridgehead atoms. The third kappa shape index (κ3) is 5.39. The highest BCUT2D eigenvalue weighted by atomic mass is 28.3. The first kappa shape index (κ1) is 33.2. The van der Waals surface area contributed by atoms with E-state index in [9.17, 15) is 0 Å². The van der Waals surface area contributed by atoms with Gasteiger partial charge in [0.05, 0.1) is 11.0 Å². The molecule has 0 fully saturated rings. The molecule has 0 spiro atoms. The molecule has 9 aromatic carbocycles. The molecule has 2 nitrogen and oxygen atoms in total. The molecule has 3 heteroatoms. The zero-order chi connectivity index (χ0) is 37.8. The molecule has 0 aliphatic heterocycles. The first-order chi connectivity index (χ1) is 28.3. The minimum absolute atomic E-state index is 0.907. The normalized spacial score (nSPS) is 11.9. The van der Waals surface area contributed by atoms with Crippen molar-refractivity contribution in [3.8, 4) is 27.9 Å². The number of hydrogen-bond donors (Lipinski definition) is 0. The van der Waals surface area contributed by atoms with E-state index in [0.717, 1.165) is 27.6 Å². The van der Waals surface area contributed by atoms with Crippen LogP contribution in [-0.2, 0) is 0 Å². The zero-order valence-electron chi connectivity index (χ0n) is 31.2. The van der Waals surface area contributed by atoms with E-state index in [1.807, 2.05) is 6.07 Å². The summed E-state index contributed by atoms with van der Waals surface area (Å²) in [5.74, 6) is 0. The van der Waals surface area contributed by atoms with Crippen molar-refractivity contribution in [1.82, 2.24) is 4.57 Å². The van der Waals surface area contributed by atoms with Crippen molar-refractivity contribution in [1.29, 1.82) is 0 Å². The molecule has 0 aliphatic carbocycles. The minimum Gasteiger partial charge on any atom is -0.456 e. The molecule has 0 atom stereocenters. The van der Waals surface area contributed by atoms with E-state index in [-0.39, 0.29) is 0 Å². The van der Waals surface area contributed by atoms with Crippen LogP contribution < -0.4 is 20.7 Å². The summed E-state index contributed by atoms with van der Waals surface area (Å²) in [6.07, 6.45) is 0. The fourth-order valence-corrected chi connectivity index (χ4v) is 14.0. The molecule has 2 aromatic heterocycles. The van der Waals surface area contributed by atoms with Crippen LogP contribution in [0.2, 0.25) is 0 Å². The van der Waals surface area contributed by atoms with Crippen LogP contribution in [0.4, 0.5) is 0 Å². The minimum atomic E-state index is -3.00. The number of fused-ring (bicyclic) bond motifs is 6. The van der Waals surface area contributed by atoms with Crippen molar-refractivity contribution in [3.05, 3.63) is 224 Å². The second kappa shape index (κ2) is 13.5. The van der Waals surface area contributed by atoms with Crippen LogP contribution in [0.15, 0.2) is 229 Å². The van der Waals surface area contributed by atoms with Crippen molar-refractivity contribution in [2.24, 2.45) is 0 Å². The van der Waals surface area contributed by atoms with Gasteiger partial charge in [0.2, 0.25) is 0 Å². The molecule has 0 saturated carbocycles. The second-order valence-corrected chi connectivity index (χ2v) is 18.7. The first-order valence-corrected chi connectivity index (χ1v) is 21.6. The third-order valence-corrected chi connectivity index (χ3v) is 16.4. The molecule has 57 heavy (non-hydrogen) atoms. The Bertz CT molecular complexity index is 3180. The van der Waals surface area contributed by atoms with E-state index < -0.39 is 8.07 Å². The maximum atomic E-state index is 6.40. The molecule has 0 saturated heterocycles. The summed E-state index contributed by atoms with van der Waals surface area (Å²) >= 11 is 0. The average molecular weight is 744 g/mol. The fourth-order valence-electron chi connectivity index (χ4n) is 9.15. The zero-order valence-corrected chi connectivity index (χ0v) is 32.2. The largest absolute Gasteiger partial charge is 0.456 e. The summed E-state index contributed by atoms with van der Waals surface area (Å²) in [6, 6.07) is 82.5. The molecule has 0 unspecified atom stereocenters. The molecule has 0 aliphatic rings. The monoisotopic (exact) mass is 743 g/mol. The second-order valence-electron chi connectivity index (χ2n) is 14.9. The number of benzene rings is 9. The molecule has 268 valence electrons. The van der Waals surface area contributed by atoms with Gasteiger partial charge in [-0.3, -0.25) is 0 Å². The van der Waals surface area contributed by atoms with Crippen molar-refractivity contribution in [2.45, 2.75) is 0 Å². The Balaban J connectivity index is 1.24. The summed E-state index contributed by atoms with van der Waals surface area (Å²) in [7, 11) is -3.00. The van der Waals surface area contributed by atoms with Gasteiger partial charge in [0, 0.05) is 27.2 Å². The highest BCUT2D eigenvalue weighted by Gasteiger charge is 2.42. The average Bonchev–Trinajstić information content (AvgIpc) is 3.83. The topological polar surface area (TPSA) is 18.1 Å². The molecule has 0 N–H and O–H groups in total. The van der Waals surface area contributed by atoms with E-state index in [1.165, 1.54) is 64.8 Å². The predicted molar refractivity (Wildman–Crippen MR) is 243 cm³/mol. The number of furan rings is 1. The van der Waals surface area contributed by atoms with Gasteiger partial charge in [-0.15, -0.1) is 0 Å². The van der Waals surface area contributed by atoms with Gasteiger partial charge in [-0.1, -0.05) is 182 Å². The summed E-state index contributed by atoms with van der Waals surface area (Å²) < 4.78 is 8.81. The highest BCUT2D eigenvalue weighted by molar-refractivity contribution is 7.20. The van der Waals surface area contributed by atoms with Crippen LogP contribution in [0.25, 0.3) is 71.7 Å². The molecule has 2 heterocycles. The van der Waals surface area contributed by atoms with Crippen LogP contribution in [0, 0.1) is 0 Å². The Hall–Kier alpha value is -7.20. The van der Waals surface area contributed by atoms with Gasteiger partial charge in [0.25, 0.3) is 0 Å². The quantitative estimate of drug-likeness (QED) is 0.117. The Labute approximate surface area is 332 Å². The van der Waals surface area contributed by atoms with E-state index >= 15 is 0 Å². The highest BCUT2D eigenvalue weighted by Crippen LogP contribution is 2.36. The van der Waals surface area contributed by atoms with E-state index in [4.69, 9.17) is 4.42 Å². The molecule has 0 amide bonds. The first-order valence-electron chi connectivity index (χ1n) is 19.6.